The second kappa shape index (κ2) is 8.23. The molecule has 0 amide bonds. The monoisotopic (exact) mass is 448 g/mol. The highest BCUT2D eigenvalue weighted by atomic mass is 32.2. The van der Waals surface area contributed by atoms with Crippen molar-refractivity contribution >= 4 is 23.3 Å². The van der Waals surface area contributed by atoms with Gasteiger partial charge in [-0.3, -0.25) is 5.01 Å². The van der Waals surface area contributed by atoms with E-state index in [1.807, 2.05) is 13.2 Å². The van der Waals surface area contributed by atoms with Crippen LogP contribution in [0.15, 0.2) is 22.1 Å². The summed E-state index contributed by atoms with van der Waals surface area (Å²) < 4.78 is 22.5. The van der Waals surface area contributed by atoms with Gasteiger partial charge in [0.25, 0.3) is 0 Å². The quantitative estimate of drug-likeness (QED) is 0.584. The lowest BCUT2D eigenvalue weighted by molar-refractivity contribution is 0.107. The van der Waals surface area contributed by atoms with Crippen LogP contribution in [0.2, 0.25) is 0 Å². The Bertz CT molecular complexity index is 860. The van der Waals surface area contributed by atoms with Gasteiger partial charge in [-0.25, -0.2) is 8.70 Å². The van der Waals surface area contributed by atoms with Gasteiger partial charge in [-0.2, -0.15) is 5.10 Å². The van der Waals surface area contributed by atoms with Gasteiger partial charge in [-0.15, -0.1) is 0 Å². The molecule has 1 N–H and O–H groups in total. The predicted octanol–water partition coefficient (Wildman–Crippen LogP) is 5.86. The first kappa shape index (κ1) is 22.9. The Balaban J connectivity index is 1.57. The molecule has 5 nitrogen and oxygen atoms in total. The molecule has 1 fully saturated rings. The van der Waals surface area contributed by atoms with Gasteiger partial charge >= 0.3 is 0 Å². The summed E-state index contributed by atoms with van der Waals surface area (Å²) in [5.74, 6) is 0.359. The number of fused-ring (bicyclic) bond motifs is 1. The molecule has 0 saturated heterocycles. The topological polar surface area (TPSA) is 40.1 Å². The van der Waals surface area contributed by atoms with Crippen LogP contribution in [-0.4, -0.2) is 45.5 Å². The standard InChI is InChI=1S/C24H37FN4OS/c1-23(2,3)28-14-17-19(11-10-18(25)22(17)31-28)26-21-13-20(27-29(21)24(4,5)6)15-8-9-16(12-15)30-7/h10-11,15-16,21,26H,8-9,12-14H2,1-7H3. The maximum atomic E-state index is 14.6. The van der Waals surface area contributed by atoms with Crippen molar-refractivity contribution < 1.29 is 9.13 Å². The molecule has 1 aromatic rings. The summed E-state index contributed by atoms with van der Waals surface area (Å²) in [5.41, 5.74) is 3.22. The molecule has 31 heavy (non-hydrogen) atoms. The Morgan fingerprint density at radius 1 is 1.13 bits per heavy atom. The van der Waals surface area contributed by atoms with E-state index in [2.05, 4.69) is 56.2 Å². The molecule has 4 rings (SSSR count). The number of halogens is 1. The summed E-state index contributed by atoms with van der Waals surface area (Å²) in [6, 6.07) is 3.49. The van der Waals surface area contributed by atoms with E-state index in [9.17, 15) is 4.39 Å². The number of ether oxygens (including phenoxy) is 1. The van der Waals surface area contributed by atoms with Crippen molar-refractivity contribution in [1.82, 2.24) is 9.31 Å². The van der Waals surface area contributed by atoms with E-state index in [-0.39, 0.29) is 23.1 Å². The first-order valence-corrected chi connectivity index (χ1v) is 12.2. The summed E-state index contributed by atoms with van der Waals surface area (Å²) in [6.45, 7) is 13.9. The van der Waals surface area contributed by atoms with Crippen LogP contribution in [-0.2, 0) is 11.3 Å². The molecule has 0 radical (unpaired) electrons. The zero-order chi connectivity index (χ0) is 22.6. The molecule has 1 aliphatic carbocycles. The van der Waals surface area contributed by atoms with E-state index in [0.717, 1.165) is 48.4 Å². The highest BCUT2D eigenvalue weighted by Crippen LogP contribution is 2.45. The van der Waals surface area contributed by atoms with Gasteiger partial charge in [0.1, 0.15) is 12.0 Å². The maximum Gasteiger partial charge on any atom is 0.138 e. The normalized spacial score (nSPS) is 27.0. The predicted molar refractivity (Wildman–Crippen MR) is 127 cm³/mol. The minimum atomic E-state index is -0.134. The number of nitrogens with zero attached hydrogens (tertiary/aromatic N) is 3. The highest BCUT2D eigenvalue weighted by molar-refractivity contribution is 7.97. The lowest BCUT2D eigenvalue weighted by atomic mass is 9.98. The van der Waals surface area contributed by atoms with Crippen molar-refractivity contribution in [1.29, 1.82) is 0 Å². The molecular formula is C24H37FN4OS. The first-order valence-electron chi connectivity index (χ1n) is 11.4. The molecule has 172 valence electrons. The van der Waals surface area contributed by atoms with Crippen LogP contribution < -0.4 is 5.32 Å². The number of anilines is 1. The lowest BCUT2D eigenvalue weighted by Crippen LogP contribution is -2.45. The Kier molecular flexibility index (Phi) is 6.07. The Morgan fingerprint density at radius 3 is 2.48 bits per heavy atom. The minimum Gasteiger partial charge on any atom is -0.381 e. The smallest absolute Gasteiger partial charge is 0.138 e. The molecule has 2 aliphatic heterocycles. The molecular weight excluding hydrogens is 411 g/mol. The first-order chi connectivity index (χ1) is 14.5. The van der Waals surface area contributed by atoms with Gasteiger partial charge in [-0.05, 0) is 84.9 Å². The number of hydrazone groups is 1. The molecule has 1 aromatic carbocycles. The molecule has 0 spiro atoms. The average molecular weight is 449 g/mol. The molecule has 2 heterocycles. The zero-order valence-electron chi connectivity index (χ0n) is 20.0. The Labute approximate surface area is 190 Å². The van der Waals surface area contributed by atoms with Crippen molar-refractivity contribution in [3.8, 4) is 0 Å². The zero-order valence-corrected chi connectivity index (χ0v) is 20.8. The third kappa shape index (κ3) is 4.60. The van der Waals surface area contributed by atoms with Crippen molar-refractivity contribution in [3.63, 3.8) is 0 Å². The van der Waals surface area contributed by atoms with Gasteiger partial charge in [0.05, 0.1) is 16.5 Å². The Hall–Kier alpha value is -1.31. The van der Waals surface area contributed by atoms with Crippen molar-refractivity contribution in [2.75, 3.05) is 12.4 Å². The van der Waals surface area contributed by atoms with Crippen LogP contribution in [0.3, 0.4) is 0 Å². The third-order valence-electron chi connectivity index (χ3n) is 6.60. The van der Waals surface area contributed by atoms with Gasteiger partial charge in [0, 0.05) is 48.5 Å². The fraction of sp³-hybridized carbons (Fsp3) is 0.708. The molecule has 3 atom stereocenters. The summed E-state index contributed by atoms with van der Waals surface area (Å²) >= 11 is 1.53. The maximum absolute atomic E-state index is 14.6. The summed E-state index contributed by atoms with van der Waals surface area (Å²) in [4.78, 5) is 0.750. The largest absolute Gasteiger partial charge is 0.381 e. The summed E-state index contributed by atoms with van der Waals surface area (Å²) in [6.07, 6.45) is 4.62. The number of hydrogen-bond donors (Lipinski definition) is 1. The Morgan fingerprint density at radius 2 is 1.87 bits per heavy atom. The average Bonchev–Trinajstić information content (AvgIpc) is 3.40. The summed E-state index contributed by atoms with van der Waals surface area (Å²) in [7, 11) is 1.81. The molecule has 7 heteroatoms. The van der Waals surface area contributed by atoms with E-state index in [0.29, 0.717) is 12.0 Å². The van der Waals surface area contributed by atoms with E-state index in [1.54, 1.807) is 6.07 Å². The molecule has 1 saturated carbocycles. The van der Waals surface area contributed by atoms with Crippen molar-refractivity contribution in [2.45, 2.75) is 102 Å². The molecule has 3 unspecified atom stereocenters. The van der Waals surface area contributed by atoms with Gasteiger partial charge in [0.15, 0.2) is 0 Å². The van der Waals surface area contributed by atoms with Crippen LogP contribution in [0.1, 0.15) is 72.8 Å². The van der Waals surface area contributed by atoms with Gasteiger partial charge < -0.3 is 10.1 Å². The fourth-order valence-electron chi connectivity index (χ4n) is 4.80. The van der Waals surface area contributed by atoms with Crippen LogP contribution in [0.5, 0.6) is 0 Å². The number of rotatable bonds is 4. The van der Waals surface area contributed by atoms with E-state index in [4.69, 9.17) is 9.84 Å². The van der Waals surface area contributed by atoms with Crippen LogP contribution in [0.25, 0.3) is 0 Å². The van der Waals surface area contributed by atoms with Crippen LogP contribution in [0, 0.1) is 11.7 Å². The highest BCUT2D eigenvalue weighted by Gasteiger charge is 2.40. The molecule has 3 aliphatic rings. The number of methoxy groups -OCH3 is 1. The molecule has 0 aromatic heterocycles. The van der Waals surface area contributed by atoms with Crippen molar-refractivity contribution in [2.24, 2.45) is 11.0 Å². The second-order valence-electron chi connectivity index (χ2n) is 11.0. The van der Waals surface area contributed by atoms with E-state index < -0.39 is 0 Å². The summed E-state index contributed by atoms with van der Waals surface area (Å²) in [5, 5.41) is 11.1. The third-order valence-corrected chi connectivity index (χ3v) is 8.12. The van der Waals surface area contributed by atoms with E-state index in [1.165, 1.54) is 17.7 Å². The van der Waals surface area contributed by atoms with Crippen molar-refractivity contribution in [3.05, 3.63) is 23.5 Å². The lowest BCUT2D eigenvalue weighted by Gasteiger charge is -2.36. The number of hydrogen-bond acceptors (Lipinski definition) is 6. The number of nitrogens with one attached hydrogen (secondary N) is 1. The van der Waals surface area contributed by atoms with Gasteiger partial charge in [0.2, 0.25) is 0 Å². The SMILES string of the molecule is COC1CCC(C2=NN(C(C)(C)C)C(Nc3ccc(F)c4c3CN(C(C)(C)C)S4)C2)C1. The van der Waals surface area contributed by atoms with Gasteiger partial charge in [-0.1, -0.05) is 0 Å². The minimum absolute atomic E-state index is 0.0329. The van der Waals surface area contributed by atoms with E-state index >= 15 is 0 Å². The second-order valence-corrected chi connectivity index (χ2v) is 12.1. The van der Waals surface area contributed by atoms with Crippen LogP contribution >= 0.6 is 11.9 Å². The molecule has 0 bridgehead atoms. The fourth-order valence-corrected chi connectivity index (χ4v) is 5.93. The number of benzene rings is 1. The van der Waals surface area contributed by atoms with Crippen LogP contribution in [0.4, 0.5) is 10.1 Å².